The molecular weight excluding hydrogens is 330 g/mol. The fourth-order valence-corrected chi connectivity index (χ4v) is 3.99. The molecule has 0 spiro atoms. The van der Waals surface area contributed by atoms with Gasteiger partial charge in [-0.25, -0.2) is 14.5 Å². The summed E-state index contributed by atoms with van der Waals surface area (Å²) in [5, 5.41) is 9.10. The lowest BCUT2D eigenvalue weighted by molar-refractivity contribution is 0.250. The van der Waals surface area contributed by atoms with Crippen LogP contribution in [-0.2, 0) is 27.1 Å². The van der Waals surface area contributed by atoms with Crippen molar-refractivity contribution in [2.45, 2.75) is 44.7 Å². The quantitative estimate of drug-likeness (QED) is 0.759. The summed E-state index contributed by atoms with van der Waals surface area (Å²) in [7, 11) is 3.51. The van der Waals surface area contributed by atoms with Crippen molar-refractivity contribution in [1.82, 2.24) is 24.6 Å². The molecule has 0 radical (unpaired) electrons. The zero-order chi connectivity index (χ0) is 18.1. The predicted octanol–water partition coefficient (Wildman–Crippen LogP) is 2.15. The Balaban J connectivity index is 1.45. The van der Waals surface area contributed by atoms with Gasteiger partial charge in [0.25, 0.3) is 0 Å². The molecule has 1 N–H and O–H groups in total. The summed E-state index contributed by atoms with van der Waals surface area (Å²) < 4.78 is 8.90. The van der Waals surface area contributed by atoms with E-state index in [4.69, 9.17) is 4.42 Å². The third-order valence-electron chi connectivity index (χ3n) is 5.45. The Bertz CT molecular complexity index is 921. The second-order valence-corrected chi connectivity index (χ2v) is 7.23. The van der Waals surface area contributed by atoms with Crippen molar-refractivity contribution >= 4 is 11.1 Å². The first-order valence-corrected chi connectivity index (χ1v) is 9.27. The maximum absolute atomic E-state index is 11.9. The van der Waals surface area contributed by atoms with Crippen LogP contribution in [0.1, 0.15) is 37.3 Å². The lowest BCUT2D eigenvalue weighted by atomic mass is 9.82. The van der Waals surface area contributed by atoms with E-state index in [1.54, 1.807) is 24.9 Å². The first-order valence-electron chi connectivity index (χ1n) is 9.27. The Morgan fingerprint density at radius 2 is 2.15 bits per heavy atom. The second kappa shape index (κ2) is 7.07. The molecule has 0 amide bonds. The van der Waals surface area contributed by atoms with Crippen molar-refractivity contribution < 1.29 is 4.42 Å². The van der Waals surface area contributed by atoms with Gasteiger partial charge in [0.05, 0.1) is 6.54 Å². The Morgan fingerprint density at radius 3 is 2.92 bits per heavy atom. The van der Waals surface area contributed by atoms with Gasteiger partial charge in [-0.3, -0.25) is 4.57 Å². The molecule has 4 rings (SSSR count). The van der Waals surface area contributed by atoms with E-state index < -0.39 is 0 Å². The van der Waals surface area contributed by atoms with E-state index in [1.165, 1.54) is 17.5 Å². The Labute approximate surface area is 152 Å². The molecule has 1 saturated carbocycles. The highest BCUT2D eigenvalue weighted by Crippen LogP contribution is 2.27. The third-order valence-corrected chi connectivity index (χ3v) is 5.45. The van der Waals surface area contributed by atoms with Crippen molar-refractivity contribution in [2.75, 3.05) is 0 Å². The summed E-state index contributed by atoms with van der Waals surface area (Å²) in [4.78, 5) is 16.2. The van der Waals surface area contributed by atoms with Crippen molar-refractivity contribution in [3.05, 3.63) is 46.5 Å². The lowest BCUT2D eigenvalue weighted by Crippen LogP contribution is -2.39. The number of hydrogen-bond donors (Lipinski definition) is 1. The second-order valence-electron chi connectivity index (χ2n) is 7.23. The molecule has 3 aromatic heterocycles. The standard InChI is InChI=1S/C19H25N5O2/c1-23-17(22-24(2)19(23)25)11-13-6-3-4-8-16(13)21-12-15-10-14-7-5-9-20-18(14)26-15/h5,7,9-10,13,16,21H,3-4,6,8,11-12H2,1-2H3/t13-,16-/m1/s1. The highest BCUT2D eigenvalue weighted by molar-refractivity contribution is 5.73. The zero-order valence-electron chi connectivity index (χ0n) is 15.3. The molecule has 0 unspecified atom stereocenters. The van der Waals surface area contributed by atoms with E-state index in [9.17, 15) is 4.79 Å². The molecular formula is C19H25N5O2. The molecule has 3 heterocycles. The number of nitrogens with one attached hydrogen (secondary N) is 1. The van der Waals surface area contributed by atoms with E-state index in [2.05, 4.69) is 21.5 Å². The SMILES string of the molecule is Cn1nc(C[C@H]2CCCC[C@H]2NCc2cc3cccnc3o2)n(C)c1=O. The van der Waals surface area contributed by atoms with Crippen LogP contribution in [0.15, 0.2) is 33.6 Å². The minimum absolute atomic E-state index is 0.0601. The van der Waals surface area contributed by atoms with Crippen molar-refractivity contribution in [3.63, 3.8) is 0 Å². The van der Waals surface area contributed by atoms with Crippen molar-refractivity contribution in [1.29, 1.82) is 0 Å². The first-order chi connectivity index (χ1) is 12.6. The van der Waals surface area contributed by atoms with Gasteiger partial charge in [-0.05, 0) is 37.0 Å². The molecule has 1 aliphatic carbocycles. The average Bonchev–Trinajstić information content (AvgIpc) is 3.17. The Hall–Kier alpha value is -2.41. The molecule has 0 aliphatic heterocycles. The molecule has 1 fully saturated rings. The molecule has 0 aromatic carbocycles. The van der Waals surface area contributed by atoms with Gasteiger partial charge in [0.2, 0.25) is 5.71 Å². The smallest absolute Gasteiger partial charge is 0.345 e. The maximum atomic E-state index is 11.9. The summed E-state index contributed by atoms with van der Waals surface area (Å²) in [6.07, 6.45) is 7.34. The fraction of sp³-hybridized carbons (Fsp3) is 0.526. The van der Waals surface area contributed by atoms with Gasteiger partial charge in [-0.1, -0.05) is 12.8 Å². The minimum atomic E-state index is -0.0601. The third kappa shape index (κ3) is 3.31. The van der Waals surface area contributed by atoms with Gasteiger partial charge in [0, 0.05) is 38.1 Å². The predicted molar refractivity (Wildman–Crippen MR) is 98.7 cm³/mol. The van der Waals surface area contributed by atoms with Gasteiger partial charge in [0.1, 0.15) is 11.6 Å². The number of fused-ring (bicyclic) bond motifs is 1. The van der Waals surface area contributed by atoms with Crippen LogP contribution in [-0.4, -0.2) is 25.4 Å². The van der Waals surface area contributed by atoms with Crippen LogP contribution < -0.4 is 11.0 Å². The molecule has 0 saturated heterocycles. The first kappa shape index (κ1) is 17.0. The van der Waals surface area contributed by atoms with Crippen LogP contribution in [0.4, 0.5) is 0 Å². The van der Waals surface area contributed by atoms with Crippen LogP contribution in [0.2, 0.25) is 0 Å². The number of rotatable bonds is 5. The molecule has 138 valence electrons. The minimum Gasteiger partial charge on any atom is -0.441 e. The molecule has 3 aromatic rings. The topological polar surface area (TPSA) is 77.9 Å². The van der Waals surface area contributed by atoms with Crippen LogP contribution in [0.5, 0.6) is 0 Å². The number of aryl methyl sites for hydroxylation is 1. The molecule has 2 atom stereocenters. The van der Waals surface area contributed by atoms with Crippen LogP contribution in [0, 0.1) is 5.92 Å². The Kier molecular flexibility index (Phi) is 4.63. The van der Waals surface area contributed by atoms with Crippen LogP contribution >= 0.6 is 0 Å². The summed E-state index contributed by atoms with van der Waals surface area (Å²) in [5.41, 5.74) is 0.628. The van der Waals surface area contributed by atoms with Crippen molar-refractivity contribution in [2.24, 2.45) is 20.0 Å². The number of hydrogen-bond acceptors (Lipinski definition) is 5. The van der Waals surface area contributed by atoms with Gasteiger partial charge >= 0.3 is 5.69 Å². The maximum Gasteiger partial charge on any atom is 0.345 e. The molecule has 7 nitrogen and oxygen atoms in total. The Morgan fingerprint density at radius 1 is 1.31 bits per heavy atom. The zero-order valence-corrected chi connectivity index (χ0v) is 15.3. The normalized spacial score (nSPS) is 20.7. The van der Waals surface area contributed by atoms with Crippen LogP contribution in [0.25, 0.3) is 11.1 Å². The fourth-order valence-electron chi connectivity index (χ4n) is 3.99. The summed E-state index contributed by atoms with van der Waals surface area (Å²) >= 11 is 0. The van der Waals surface area contributed by atoms with Gasteiger partial charge < -0.3 is 9.73 Å². The van der Waals surface area contributed by atoms with Gasteiger partial charge in [-0.2, -0.15) is 5.10 Å². The number of nitrogens with zero attached hydrogens (tertiary/aromatic N) is 4. The highest BCUT2D eigenvalue weighted by atomic mass is 16.3. The number of aromatic nitrogens is 4. The number of pyridine rings is 1. The monoisotopic (exact) mass is 355 g/mol. The molecule has 26 heavy (non-hydrogen) atoms. The molecule has 0 bridgehead atoms. The largest absolute Gasteiger partial charge is 0.441 e. The summed E-state index contributed by atoms with van der Waals surface area (Å²) in [6, 6.07) is 6.39. The molecule has 1 aliphatic rings. The molecule has 7 heteroatoms. The summed E-state index contributed by atoms with van der Waals surface area (Å²) in [6.45, 7) is 0.693. The van der Waals surface area contributed by atoms with Crippen molar-refractivity contribution in [3.8, 4) is 0 Å². The van der Waals surface area contributed by atoms with Gasteiger partial charge in [-0.15, -0.1) is 0 Å². The average molecular weight is 355 g/mol. The van der Waals surface area contributed by atoms with E-state index in [0.717, 1.165) is 36.2 Å². The number of furan rings is 1. The lowest BCUT2D eigenvalue weighted by Gasteiger charge is -2.32. The highest BCUT2D eigenvalue weighted by Gasteiger charge is 2.27. The van der Waals surface area contributed by atoms with E-state index >= 15 is 0 Å². The van der Waals surface area contributed by atoms with E-state index in [0.29, 0.717) is 24.2 Å². The summed E-state index contributed by atoms with van der Waals surface area (Å²) in [5.74, 6) is 2.25. The van der Waals surface area contributed by atoms with Crippen LogP contribution in [0.3, 0.4) is 0 Å². The van der Waals surface area contributed by atoms with E-state index in [-0.39, 0.29) is 5.69 Å². The van der Waals surface area contributed by atoms with Gasteiger partial charge in [0.15, 0.2) is 0 Å². The van der Waals surface area contributed by atoms with E-state index in [1.807, 2.05) is 12.1 Å².